The van der Waals surface area contributed by atoms with E-state index in [1.165, 1.54) is 0 Å². The van der Waals surface area contributed by atoms with Gasteiger partial charge in [0.1, 0.15) is 5.82 Å². The van der Waals surface area contributed by atoms with Crippen molar-refractivity contribution in [3.63, 3.8) is 0 Å². The number of nitrogens with zero attached hydrogens (tertiary/aromatic N) is 2. The normalized spacial score (nSPS) is 16.6. The molecular weight excluding hydrogens is 240 g/mol. The van der Waals surface area contributed by atoms with Crippen molar-refractivity contribution in [1.29, 1.82) is 0 Å². The molecule has 1 aromatic heterocycles. The molecule has 2 rings (SSSR count). The van der Waals surface area contributed by atoms with Gasteiger partial charge in [0.2, 0.25) is 5.91 Å². The number of primary amides is 1. The van der Waals surface area contributed by atoms with E-state index in [1.54, 1.807) is 12.1 Å². The number of piperidine rings is 1. The van der Waals surface area contributed by atoms with Crippen molar-refractivity contribution in [2.45, 2.75) is 19.8 Å². The predicted octanol–water partition coefficient (Wildman–Crippen LogP) is 0.925. The summed E-state index contributed by atoms with van der Waals surface area (Å²) in [4.78, 5) is 18.0. The van der Waals surface area contributed by atoms with Gasteiger partial charge in [-0.15, -0.1) is 0 Å². The monoisotopic (exact) mass is 262 g/mol. The first-order chi connectivity index (χ1) is 9.10. The summed E-state index contributed by atoms with van der Waals surface area (Å²) in [6.07, 6.45) is 2.31. The second kappa shape index (κ2) is 6.02. The number of carbonyl (C=O) groups is 1. The van der Waals surface area contributed by atoms with Crippen LogP contribution in [-0.2, 0) is 0 Å². The Balaban J connectivity index is 2.09. The highest BCUT2D eigenvalue weighted by molar-refractivity contribution is 5.93. The second-order valence-corrected chi connectivity index (χ2v) is 5.21. The van der Waals surface area contributed by atoms with Crippen LogP contribution < -0.4 is 16.0 Å². The van der Waals surface area contributed by atoms with E-state index in [1.807, 2.05) is 14.0 Å². The summed E-state index contributed by atoms with van der Waals surface area (Å²) in [6, 6.07) is 3.54. The standard InChI is InChI=1S/C14H22N4O/c1-10-7-12(14(15)19)8-13(17-10)18-5-3-11(4-6-18)9-16-2/h7-8,11,16H,3-6,9H2,1-2H3,(H2,15,19). The third-order valence-electron chi connectivity index (χ3n) is 3.66. The Morgan fingerprint density at radius 1 is 1.47 bits per heavy atom. The number of aryl methyl sites for hydroxylation is 1. The molecule has 0 aromatic carbocycles. The van der Waals surface area contributed by atoms with Gasteiger partial charge < -0.3 is 16.0 Å². The lowest BCUT2D eigenvalue weighted by atomic mass is 9.97. The number of hydrogen-bond donors (Lipinski definition) is 2. The van der Waals surface area contributed by atoms with E-state index in [4.69, 9.17) is 5.73 Å². The number of aromatic nitrogens is 1. The fourth-order valence-corrected chi connectivity index (χ4v) is 2.61. The van der Waals surface area contributed by atoms with Gasteiger partial charge >= 0.3 is 0 Å². The highest BCUT2D eigenvalue weighted by atomic mass is 16.1. The molecule has 0 atom stereocenters. The van der Waals surface area contributed by atoms with E-state index in [9.17, 15) is 4.79 Å². The molecule has 0 radical (unpaired) electrons. The van der Waals surface area contributed by atoms with Gasteiger partial charge in [-0.05, 0) is 51.4 Å². The average molecular weight is 262 g/mol. The Morgan fingerprint density at radius 3 is 2.74 bits per heavy atom. The van der Waals surface area contributed by atoms with Crippen molar-refractivity contribution < 1.29 is 4.79 Å². The van der Waals surface area contributed by atoms with Gasteiger partial charge in [0.05, 0.1) is 0 Å². The third-order valence-corrected chi connectivity index (χ3v) is 3.66. The minimum Gasteiger partial charge on any atom is -0.366 e. The second-order valence-electron chi connectivity index (χ2n) is 5.21. The molecule has 1 saturated heterocycles. The minimum absolute atomic E-state index is 0.392. The lowest BCUT2D eigenvalue weighted by Crippen LogP contribution is -2.37. The molecule has 0 unspecified atom stereocenters. The summed E-state index contributed by atoms with van der Waals surface area (Å²) >= 11 is 0. The van der Waals surface area contributed by atoms with Crippen LogP contribution in [-0.4, -0.2) is 37.6 Å². The van der Waals surface area contributed by atoms with Crippen molar-refractivity contribution in [2.24, 2.45) is 11.7 Å². The maximum atomic E-state index is 11.3. The molecular formula is C14H22N4O. The Labute approximate surface area is 114 Å². The molecule has 0 spiro atoms. The van der Waals surface area contributed by atoms with Crippen LogP contribution in [0, 0.1) is 12.8 Å². The largest absolute Gasteiger partial charge is 0.366 e. The van der Waals surface area contributed by atoms with Crippen molar-refractivity contribution in [1.82, 2.24) is 10.3 Å². The quantitative estimate of drug-likeness (QED) is 0.846. The van der Waals surface area contributed by atoms with Crippen LogP contribution >= 0.6 is 0 Å². The molecule has 1 aliphatic rings. The number of nitrogens with two attached hydrogens (primary N) is 1. The van der Waals surface area contributed by atoms with Crippen molar-refractivity contribution in [3.8, 4) is 0 Å². The molecule has 5 nitrogen and oxygen atoms in total. The smallest absolute Gasteiger partial charge is 0.248 e. The summed E-state index contributed by atoms with van der Waals surface area (Å²) in [5.74, 6) is 1.22. The van der Waals surface area contributed by atoms with Crippen LogP contribution in [0.15, 0.2) is 12.1 Å². The van der Waals surface area contributed by atoms with Crippen LogP contribution in [0.5, 0.6) is 0 Å². The van der Waals surface area contributed by atoms with Crippen molar-refractivity contribution >= 4 is 11.7 Å². The summed E-state index contributed by atoms with van der Waals surface area (Å²) in [5, 5.41) is 3.23. The van der Waals surface area contributed by atoms with Crippen molar-refractivity contribution in [2.75, 3.05) is 31.6 Å². The Morgan fingerprint density at radius 2 is 2.16 bits per heavy atom. The Bertz CT molecular complexity index is 453. The van der Waals surface area contributed by atoms with Crippen LogP contribution in [0.1, 0.15) is 28.9 Å². The maximum Gasteiger partial charge on any atom is 0.248 e. The topological polar surface area (TPSA) is 71.2 Å². The highest BCUT2D eigenvalue weighted by Crippen LogP contribution is 2.22. The number of pyridine rings is 1. The number of amides is 1. The van der Waals surface area contributed by atoms with E-state index >= 15 is 0 Å². The summed E-state index contributed by atoms with van der Waals surface area (Å²) < 4.78 is 0. The number of hydrogen-bond acceptors (Lipinski definition) is 4. The SMILES string of the molecule is CNCC1CCN(c2cc(C(N)=O)cc(C)n2)CC1. The van der Waals surface area contributed by atoms with E-state index in [2.05, 4.69) is 15.2 Å². The first-order valence-corrected chi connectivity index (χ1v) is 6.78. The lowest BCUT2D eigenvalue weighted by molar-refractivity contribution is 0.1000. The van der Waals surface area contributed by atoms with Crippen LogP contribution in [0.4, 0.5) is 5.82 Å². The zero-order chi connectivity index (χ0) is 13.8. The fraction of sp³-hybridized carbons (Fsp3) is 0.571. The molecule has 1 amide bonds. The van der Waals surface area contributed by atoms with Gasteiger partial charge in [-0.25, -0.2) is 4.98 Å². The molecule has 0 bridgehead atoms. The minimum atomic E-state index is -0.392. The number of carbonyl (C=O) groups excluding carboxylic acids is 1. The fourth-order valence-electron chi connectivity index (χ4n) is 2.61. The lowest BCUT2D eigenvalue weighted by Gasteiger charge is -2.33. The van der Waals surface area contributed by atoms with Crippen LogP contribution in [0.2, 0.25) is 0 Å². The molecule has 0 saturated carbocycles. The van der Waals surface area contributed by atoms with Gasteiger partial charge in [-0.1, -0.05) is 0 Å². The third kappa shape index (κ3) is 3.44. The molecule has 1 aromatic rings. The molecule has 0 aliphatic carbocycles. The first-order valence-electron chi connectivity index (χ1n) is 6.78. The van der Waals surface area contributed by atoms with Crippen LogP contribution in [0.25, 0.3) is 0 Å². The summed E-state index contributed by atoms with van der Waals surface area (Å²) in [6.45, 7) is 4.94. The maximum absolute atomic E-state index is 11.3. The predicted molar refractivity (Wildman–Crippen MR) is 76.4 cm³/mol. The summed E-state index contributed by atoms with van der Waals surface area (Å²) in [7, 11) is 1.99. The van der Waals surface area contributed by atoms with Gasteiger partial charge in [-0.3, -0.25) is 4.79 Å². The van der Waals surface area contributed by atoms with Gasteiger partial charge in [0, 0.05) is 24.3 Å². The van der Waals surface area contributed by atoms with Gasteiger partial charge in [0.15, 0.2) is 0 Å². The van der Waals surface area contributed by atoms with E-state index < -0.39 is 5.91 Å². The Kier molecular flexibility index (Phi) is 4.37. The number of anilines is 1. The molecule has 3 N–H and O–H groups in total. The molecule has 1 aliphatic heterocycles. The molecule has 19 heavy (non-hydrogen) atoms. The first kappa shape index (κ1) is 13.8. The highest BCUT2D eigenvalue weighted by Gasteiger charge is 2.20. The molecule has 5 heteroatoms. The Hall–Kier alpha value is -1.62. The molecule has 2 heterocycles. The number of rotatable bonds is 4. The summed E-state index contributed by atoms with van der Waals surface area (Å²) in [5.41, 5.74) is 6.73. The van der Waals surface area contributed by atoms with Gasteiger partial charge in [-0.2, -0.15) is 0 Å². The van der Waals surface area contributed by atoms with Crippen LogP contribution in [0.3, 0.4) is 0 Å². The zero-order valence-electron chi connectivity index (χ0n) is 11.6. The van der Waals surface area contributed by atoms with E-state index in [0.29, 0.717) is 5.56 Å². The van der Waals surface area contributed by atoms with E-state index in [-0.39, 0.29) is 0 Å². The van der Waals surface area contributed by atoms with Gasteiger partial charge in [0.25, 0.3) is 0 Å². The molecule has 104 valence electrons. The molecule has 1 fully saturated rings. The van der Waals surface area contributed by atoms with E-state index in [0.717, 1.165) is 49.9 Å². The number of nitrogens with one attached hydrogen (secondary N) is 1. The average Bonchev–Trinajstić information content (AvgIpc) is 2.39. The van der Waals surface area contributed by atoms with Crippen molar-refractivity contribution in [3.05, 3.63) is 23.4 Å². The zero-order valence-corrected chi connectivity index (χ0v) is 11.6.